The number of fused-ring (bicyclic) bond motifs is 6. The first-order valence-electron chi connectivity index (χ1n) is 18.1. The molecule has 4 aromatic heterocycles. The Bertz CT molecular complexity index is 3130. The Balaban J connectivity index is 1.31. The van der Waals surface area contributed by atoms with Gasteiger partial charge in [-0.2, -0.15) is 5.26 Å². The number of nitriles is 1. The lowest BCUT2D eigenvalue weighted by Gasteiger charge is -2.36. The number of para-hydroxylation sites is 1. The second-order valence-electron chi connectivity index (χ2n) is 13.6. The highest BCUT2D eigenvalue weighted by Crippen LogP contribution is 2.47. The van der Waals surface area contributed by atoms with Gasteiger partial charge in [-0.3, -0.25) is 9.13 Å². The van der Waals surface area contributed by atoms with E-state index in [1.807, 2.05) is 85.1 Å². The summed E-state index contributed by atoms with van der Waals surface area (Å²) >= 11 is 0. The van der Waals surface area contributed by atoms with Crippen LogP contribution in [0.25, 0.3) is 60.1 Å². The van der Waals surface area contributed by atoms with Gasteiger partial charge in [0.25, 0.3) is 0 Å². The molecule has 6 aromatic carbocycles. The Labute approximate surface area is 317 Å². The molecule has 55 heavy (non-hydrogen) atoms. The molecular weight excluding hydrogens is 673 g/mol. The summed E-state index contributed by atoms with van der Waals surface area (Å²) in [6.45, 7) is 7.76. The maximum absolute atomic E-state index is 9.77. The maximum atomic E-state index is 9.77. The molecule has 0 fully saturated rings. The van der Waals surface area contributed by atoms with Gasteiger partial charge in [0.15, 0.2) is 5.69 Å². The molecule has 0 aliphatic rings. The Kier molecular flexibility index (Phi) is 7.37. The van der Waals surface area contributed by atoms with Crippen molar-refractivity contribution in [3.05, 3.63) is 221 Å². The van der Waals surface area contributed by atoms with Crippen molar-refractivity contribution >= 4 is 49.3 Å². The van der Waals surface area contributed by atoms with Crippen LogP contribution in [0.5, 0.6) is 0 Å². The summed E-state index contributed by atoms with van der Waals surface area (Å²) in [6.07, 6.45) is 1.81. The number of nitrogens with zero attached hydrogens (tertiary/aromatic N) is 6. The van der Waals surface area contributed by atoms with Crippen molar-refractivity contribution in [2.45, 2.75) is 5.41 Å². The van der Waals surface area contributed by atoms with Gasteiger partial charge >= 0.3 is 0 Å². The summed E-state index contributed by atoms with van der Waals surface area (Å²) in [4.78, 5) is 14.2. The lowest BCUT2D eigenvalue weighted by Crippen LogP contribution is -2.32. The molecule has 6 nitrogen and oxygen atoms in total. The summed E-state index contributed by atoms with van der Waals surface area (Å²) in [5.41, 5.74) is 8.35. The minimum absolute atomic E-state index is 0.592. The third-order valence-corrected chi connectivity index (χ3v) is 10.8. The molecule has 0 atom stereocenters. The molecule has 0 amide bonds. The molecule has 4 heterocycles. The molecular formula is C49H30N6. The average molecular weight is 703 g/mol. The average Bonchev–Trinajstić information content (AvgIpc) is 3.77. The Morgan fingerprint density at radius 2 is 1.15 bits per heavy atom. The fraction of sp³-hybridized carbons (Fsp3) is 0.0204. The summed E-state index contributed by atoms with van der Waals surface area (Å²) in [6, 6.07) is 62.5. The summed E-state index contributed by atoms with van der Waals surface area (Å²) in [7, 11) is 0. The normalized spacial score (nSPS) is 11.6. The molecule has 10 rings (SSSR count). The van der Waals surface area contributed by atoms with Crippen molar-refractivity contribution in [2.24, 2.45) is 0 Å². The van der Waals surface area contributed by atoms with Gasteiger partial charge in [0.05, 0.1) is 51.4 Å². The molecule has 0 aliphatic carbocycles. The molecule has 0 spiro atoms. The van der Waals surface area contributed by atoms with Crippen molar-refractivity contribution < 1.29 is 0 Å². The van der Waals surface area contributed by atoms with Crippen molar-refractivity contribution in [1.29, 1.82) is 5.26 Å². The fourth-order valence-electron chi connectivity index (χ4n) is 8.41. The molecule has 0 N–H and O–H groups in total. The molecule has 0 saturated heterocycles. The van der Waals surface area contributed by atoms with Crippen molar-refractivity contribution in [3.63, 3.8) is 0 Å². The molecule has 0 bridgehead atoms. The Morgan fingerprint density at radius 3 is 1.87 bits per heavy atom. The zero-order chi connectivity index (χ0) is 36.9. The molecule has 0 aliphatic heterocycles. The standard InChI is InChI=1S/C49H30N6/c1-51-37-24-27-44-41(31-37)39-25-23-36(30-45(39)55(44)47-20-10-11-28-52-47)49(34-13-4-2-5-14-34,35-15-6-3-7-16-35)46-19-12-21-48(53-46)54-42-18-9-8-17-38(42)40-29-33(32-50)22-26-43(40)54/h2-31H. The van der Waals surface area contributed by atoms with E-state index < -0.39 is 5.41 Å². The van der Waals surface area contributed by atoms with Crippen LogP contribution in [0.15, 0.2) is 182 Å². The van der Waals surface area contributed by atoms with Crippen LogP contribution in [-0.4, -0.2) is 19.1 Å². The van der Waals surface area contributed by atoms with Gasteiger partial charge in [0.1, 0.15) is 11.6 Å². The van der Waals surface area contributed by atoms with Gasteiger partial charge in [-0.15, -0.1) is 0 Å². The second kappa shape index (κ2) is 12.7. The molecule has 10 aromatic rings. The van der Waals surface area contributed by atoms with Crippen LogP contribution >= 0.6 is 0 Å². The number of hydrogen-bond donors (Lipinski definition) is 0. The largest absolute Gasteiger partial charge is 0.294 e. The predicted molar refractivity (Wildman–Crippen MR) is 220 cm³/mol. The maximum Gasteiger partial charge on any atom is 0.188 e. The molecule has 0 radical (unpaired) electrons. The SMILES string of the molecule is [C-]#[N+]c1ccc2c(c1)c1ccc(C(c3ccccc3)(c3ccccc3)c3cccc(-n4c5ccccc5c5cc(C#N)ccc54)n3)cc1n2-c1ccccn1. The molecule has 0 unspecified atom stereocenters. The van der Waals surface area contributed by atoms with E-state index in [0.29, 0.717) is 11.3 Å². The van der Waals surface area contributed by atoms with Gasteiger partial charge in [0.2, 0.25) is 0 Å². The van der Waals surface area contributed by atoms with Gasteiger partial charge in [-0.1, -0.05) is 109 Å². The summed E-state index contributed by atoms with van der Waals surface area (Å²) < 4.78 is 4.40. The first-order valence-corrected chi connectivity index (χ1v) is 18.1. The van der Waals surface area contributed by atoms with E-state index in [1.54, 1.807) is 0 Å². The number of aromatic nitrogens is 4. The molecule has 6 heteroatoms. The summed E-state index contributed by atoms with van der Waals surface area (Å²) in [5, 5.41) is 13.9. The lowest BCUT2D eigenvalue weighted by molar-refractivity contribution is 0.711. The quantitative estimate of drug-likeness (QED) is 0.128. The van der Waals surface area contributed by atoms with Crippen LogP contribution in [0.4, 0.5) is 5.69 Å². The first kappa shape index (κ1) is 31.9. The second-order valence-corrected chi connectivity index (χ2v) is 13.6. The van der Waals surface area contributed by atoms with Gasteiger partial charge in [-0.25, -0.2) is 14.8 Å². The summed E-state index contributed by atoms with van der Waals surface area (Å²) in [5.74, 6) is 1.58. The van der Waals surface area contributed by atoms with Gasteiger partial charge in [0, 0.05) is 22.4 Å². The lowest BCUT2D eigenvalue weighted by atomic mass is 9.67. The van der Waals surface area contributed by atoms with E-state index in [1.165, 1.54) is 0 Å². The third-order valence-electron chi connectivity index (χ3n) is 10.8. The van der Waals surface area contributed by atoms with Crippen molar-refractivity contribution in [2.75, 3.05) is 0 Å². The van der Waals surface area contributed by atoms with Crippen LogP contribution in [0.3, 0.4) is 0 Å². The van der Waals surface area contributed by atoms with E-state index in [0.717, 1.165) is 77.6 Å². The first-order chi connectivity index (χ1) is 27.2. The Morgan fingerprint density at radius 1 is 0.509 bits per heavy atom. The topological polar surface area (TPSA) is 63.8 Å². The number of rotatable bonds is 6. The minimum atomic E-state index is -0.855. The fourth-order valence-corrected chi connectivity index (χ4v) is 8.41. The van der Waals surface area contributed by atoms with Crippen molar-refractivity contribution in [1.82, 2.24) is 19.1 Å². The van der Waals surface area contributed by atoms with E-state index in [4.69, 9.17) is 16.5 Å². The van der Waals surface area contributed by atoms with E-state index in [-0.39, 0.29) is 0 Å². The predicted octanol–water partition coefficient (Wildman–Crippen LogP) is 11.5. The van der Waals surface area contributed by atoms with Crippen LogP contribution < -0.4 is 0 Å². The Hall–Kier alpha value is -7.80. The zero-order valence-electron chi connectivity index (χ0n) is 29.5. The molecule has 256 valence electrons. The highest BCUT2D eigenvalue weighted by molar-refractivity contribution is 6.11. The number of hydrogen-bond acceptors (Lipinski definition) is 3. The molecule has 0 saturated carbocycles. The zero-order valence-corrected chi connectivity index (χ0v) is 29.5. The third kappa shape index (κ3) is 4.87. The van der Waals surface area contributed by atoms with Crippen LogP contribution in [0.1, 0.15) is 27.9 Å². The van der Waals surface area contributed by atoms with Gasteiger partial charge in [-0.05, 0) is 88.8 Å². The van der Waals surface area contributed by atoms with Crippen LogP contribution in [0, 0.1) is 17.9 Å². The highest BCUT2D eigenvalue weighted by atomic mass is 15.1. The number of benzene rings is 6. The van der Waals surface area contributed by atoms with Gasteiger partial charge < -0.3 is 0 Å². The van der Waals surface area contributed by atoms with Crippen molar-refractivity contribution in [3.8, 4) is 17.7 Å². The van der Waals surface area contributed by atoms with E-state index in [9.17, 15) is 5.26 Å². The van der Waals surface area contributed by atoms with Crippen LogP contribution in [0.2, 0.25) is 0 Å². The number of pyridine rings is 2. The van der Waals surface area contributed by atoms with E-state index in [2.05, 4.69) is 117 Å². The van der Waals surface area contributed by atoms with Crippen LogP contribution in [-0.2, 0) is 5.41 Å². The minimum Gasteiger partial charge on any atom is -0.294 e. The smallest absolute Gasteiger partial charge is 0.188 e. The van der Waals surface area contributed by atoms with E-state index >= 15 is 0 Å². The monoisotopic (exact) mass is 702 g/mol. The highest BCUT2D eigenvalue weighted by Gasteiger charge is 2.40.